The highest BCUT2D eigenvalue weighted by Crippen LogP contribution is 2.16. The van der Waals surface area contributed by atoms with E-state index < -0.39 is 0 Å². The lowest BCUT2D eigenvalue weighted by molar-refractivity contribution is 0.629. The topological polar surface area (TPSA) is 24.9 Å². The molecule has 1 heterocycles. The first-order chi connectivity index (χ1) is 8.15. The fourth-order valence-corrected chi connectivity index (χ4v) is 1.57. The molecule has 0 saturated heterocycles. The zero-order valence-electron chi connectivity index (χ0n) is 10.00. The third-order valence-electron chi connectivity index (χ3n) is 2.58. The number of hydrogen-bond donors (Lipinski definition) is 1. The molecule has 17 heavy (non-hydrogen) atoms. The molecule has 0 amide bonds. The van der Waals surface area contributed by atoms with Crippen molar-refractivity contribution in [2.75, 3.05) is 5.32 Å². The second kappa shape index (κ2) is 4.95. The van der Waals surface area contributed by atoms with Crippen molar-refractivity contribution in [2.24, 2.45) is 0 Å². The molecular formula is C14H15FN2. The van der Waals surface area contributed by atoms with Gasteiger partial charge >= 0.3 is 0 Å². The van der Waals surface area contributed by atoms with E-state index in [4.69, 9.17) is 0 Å². The summed E-state index contributed by atoms with van der Waals surface area (Å²) >= 11 is 0. The summed E-state index contributed by atoms with van der Waals surface area (Å²) in [4.78, 5) is 4.20. The highest BCUT2D eigenvalue weighted by molar-refractivity contribution is 5.47. The Bertz CT molecular complexity index is 506. The summed E-state index contributed by atoms with van der Waals surface area (Å²) in [5.74, 6) is -0.226. The summed E-state index contributed by atoms with van der Waals surface area (Å²) in [7, 11) is 0. The lowest BCUT2D eigenvalue weighted by atomic mass is 10.2. The van der Waals surface area contributed by atoms with Crippen molar-refractivity contribution < 1.29 is 4.39 Å². The maximum atomic E-state index is 13.5. The average molecular weight is 230 g/mol. The predicted molar refractivity (Wildman–Crippen MR) is 67.4 cm³/mol. The maximum Gasteiger partial charge on any atom is 0.146 e. The molecule has 2 aromatic rings. The van der Waals surface area contributed by atoms with Gasteiger partial charge in [0.25, 0.3) is 0 Å². The molecule has 0 spiro atoms. The van der Waals surface area contributed by atoms with Crippen LogP contribution in [0.15, 0.2) is 36.5 Å². The summed E-state index contributed by atoms with van der Waals surface area (Å²) in [6.07, 6.45) is 1.80. The van der Waals surface area contributed by atoms with Gasteiger partial charge in [-0.2, -0.15) is 0 Å². The molecule has 0 aliphatic carbocycles. The van der Waals surface area contributed by atoms with Gasteiger partial charge < -0.3 is 5.32 Å². The molecule has 0 fully saturated rings. The predicted octanol–water partition coefficient (Wildman–Crippen LogP) is 3.45. The Labute approximate surface area is 101 Å². The van der Waals surface area contributed by atoms with Gasteiger partial charge in [0.15, 0.2) is 0 Å². The molecule has 0 radical (unpaired) electrons. The molecule has 0 atom stereocenters. The molecule has 0 aliphatic heterocycles. The Morgan fingerprint density at radius 2 is 2.00 bits per heavy atom. The molecular weight excluding hydrogens is 215 g/mol. The monoisotopic (exact) mass is 230 g/mol. The van der Waals surface area contributed by atoms with Crippen LogP contribution < -0.4 is 5.32 Å². The summed E-state index contributed by atoms with van der Waals surface area (Å²) in [5.41, 5.74) is 3.59. The van der Waals surface area contributed by atoms with Gasteiger partial charge in [-0.3, -0.25) is 4.98 Å². The van der Waals surface area contributed by atoms with E-state index in [0.29, 0.717) is 12.2 Å². The molecule has 0 saturated carbocycles. The summed E-state index contributed by atoms with van der Waals surface area (Å²) < 4.78 is 13.5. The van der Waals surface area contributed by atoms with E-state index in [2.05, 4.69) is 10.3 Å². The van der Waals surface area contributed by atoms with Crippen LogP contribution in [0.2, 0.25) is 0 Å². The van der Waals surface area contributed by atoms with E-state index in [9.17, 15) is 4.39 Å². The second-order valence-electron chi connectivity index (χ2n) is 4.14. The first-order valence-electron chi connectivity index (χ1n) is 5.57. The third kappa shape index (κ3) is 3.03. The number of nitrogens with one attached hydrogen (secondary N) is 1. The molecule has 1 aromatic heterocycles. The first-order valence-corrected chi connectivity index (χ1v) is 5.57. The van der Waals surface area contributed by atoms with Crippen molar-refractivity contribution >= 4 is 5.69 Å². The molecule has 1 N–H and O–H groups in total. The molecule has 0 aliphatic rings. The van der Waals surface area contributed by atoms with Crippen molar-refractivity contribution in [3.05, 3.63) is 59.2 Å². The van der Waals surface area contributed by atoms with Crippen LogP contribution in [0.5, 0.6) is 0 Å². The number of anilines is 1. The number of hydrogen-bond acceptors (Lipinski definition) is 2. The lowest BCUT2D eigenvalue weighted by Crippen LogP contribution is -2.02. The van der Waals surface area contributed by atoms with Crippen LogP contribution in [0.4, 0.5) is 10.1 Å². The molecule has 2 rings (SSSR count). The van der Waals surface area contributed by atoms with Crippen molar-refractivity contribution in [3.63, 3.8) is 0 Å². The van der Waals surface area contributed by atoms with Gasteiger partial charge in [-0.1, -0.05) is 12.1 Å². The van der Waals surface area contributed by atoms with Crippen LogP contribution in [0.25, 0.3) is 0 Å². The van der Waals surface area contributed by atoms with E-state index in [1.807, 2.05) is 26.0 Å². The lowest BCUT2D eigenvalue weighted by Gasteiger charge is -2.08. The summed E-state index contributed by atoms with van der Waals surface area (Å²) in [6.45, 7) is 4.46. The number of nitrogens with zero attached hydrogens (tertiary/aromatic N) is 1. The zero-order chi connectivity index (χ0) is 12.3. The van der Waals surface area contributed by atoms with Crippen LogP contribution in [0.1, 0.15) is 16.8 Å². The minimum atomic E-state index is -0.226. The smallest absolute Gasteiger partial charge is 0.146 e. The fraction of sp³-hybridized carbons (Fsp3) is 0.214. The minimum Gasteiger partial charge on any atom is -0.379 e. The Kier molecular flexibility index (Phi) is 3.38. The number of aryl methyl sites for hydroxylation is 2. The molecule has 1 aromatic carbocycles. The van der Waals surface area contributed by atoms with Gasteiger partial charge in [0.2, 0.25) is 0 Å². The van der Waals surface area contributed by atoms with Crippen molar-refractivity contribution in [3.8, 4) is 0 Å². The van der Waals surface area contributed by atoms with Crippen LogP contribution >= 0.6 is 0 Å². The van der Waals surface area contributed by atoms with Gasteiger partial charge in [-0.15, -0.1) is 0 Å². The van der Waals surface area contributed by atoms with Crippen molar-refractivity contribution in [1.82, 2.24) is 4.98 Å². The molecule has 2 nitrogen and oxygen atoms in total. The molecule has 88 valence electrons. The average Bonchev–Trinajstić information content (AvgIpc) is 2.32. The van der Waals surface area contributed by atoms with Gasteiger partial charge in [0.1, 0.15) is 5.82 Å². The number of benzene rings is 1. The quantitative estimate of drug-likeness (QED) is 0.873. The number of aromatic nitrogens is 1. The molecule has 0 bridgehead atoms. The SMILES string of the molecule is Cc1ccc(F)c(NCc2ccc(C)nc2)c1. The fourth-order valence-electron chi connectivity index (χ4n) is 1.57. The van der Waals surface area contributed by atoms with Gasteiger partial charge in [0, 0.05) is 18.4 Å². The normalized spacial score (nSPS) is 10.3. The highest BCUT2D eigenvalue weighted by Gasteiger charge is 2.01. The van der Waals surface area contributed by atoms with Gasteiger partial charge in [-0.05, 0) is 43.2 Å². The Balaban J connectivity index is 2.07. The largest absolute Gasteiger partial charge is 0.379 e. The Morgan fingerprint density at radius 1 is 1.18 bits per heavy atom. The molecule has 3 heteroatoms. The van der Waals surface area contributed by atoms with Gasteiger partial charge in [0.05, 0.1) is 5.69 Å². The maximum absolute atomic E-state index is 13.5. The van der Waals surface area contributed by atoms with E-state index in [1.165, 1.54) is 6.07 Å². The van der Waals surface area contributed by atoms with Crippen LogP contribution in [-0.2, 0) is 6.54 Å². The summed E-state index contributed by atoms with van der Waals surface area (Å²) in [6, 6.07) is 8.97. The standard InChI is InChI=1S/C14H15FN2/c1-10-3-6-13(15)14(7-10)17-9-12-5-4-11(2)16-8-12/h3-8,17H,9H2,1-2H3. The number of rotatable bonds is 3. The highest BCUT2D eigenvalue weighted by atomic mass is 19.1. The van der Waals surface area contributed by atoms with Crippen LogP contribution in [-0.4, -0.2) is 4.98 Å². The van der Waals surface area contributed by atoms with Crippen molar-refractivity contribution in [1.29, 1.82) is 0 Å². The van der Waals surface area contributed by atoms with Crippen LogP contribution in [0, 0.1) is 19.7 Å². The summed E-state index contributed by atoms with van der Waals surface area (Å²) in [5, 5.41) is 3.07. The molecule has 0 unspecified atom stereocenters. The zero-order valence-corrected chi connectivity index (χ0v) is 10.00. The van der Waals surface area contributed by atoms with E-state index >= 15 is 0 Å². The third-order valence-corrected chi connectivity index (χ3v) is 2.58. The second-order valence-corrected chi connectivity index (χ2v) is 4.14. The first kappa shape index (κ1) is 11.6. The van der Waals surface area contributed by atoms with E-state index in [0.717, 1.165) is 16.8 Å². The Hall–Kier alpha value is -1.90. The van der Waals surface area contributed by atoms with Gasteiger partial charge in [-0.25, -0.2) is 4.39 Å². The van der Waals surface area contributed by atoms with Crippen molar-refractivity contribution in [2.45, 2.75) is 20.4 Å². The number of pyridine rings is 1. The Morgan fingerprint density at radius 3 is 2.71 bits per heavy atom. The van der Waals surface area contributed by atoms with E-state index in [1.54, 1.807) is 18.3 Å². The van der Waals surface area contributed by atoms with Crippen LogP contribution in [0.3, 0.4) is 0 Å². The number of halogens is 1. The van der Waals surface area contributed by atoms with E-state index in [-0.39, 0.29) is 5.82 Å². The minimum absolute atomic E-state index is 0.226.